The summed E-state index contributed by atoms with van der Waals surface area (Å²) in [6, 6.07) is 13.4. The van der Waals surface area contributed by atoms with Crippen LogP contribution in [0, 0.1) is 6.92 Å². The highest BCUT2D eigenvalue weighted by atomic mass is 16.3. The van der Waals surface area contributed by atoms with Crippen LogP contribution in [0.4, 0.5) is 0 Å². The second kappa shape index (κ2) is 8.49. The zero-order valence-corrected chi connectivity index (χ0v) is 18.1. The van der Waals surface area contributed by atoms with Crippen molar-refractivity contribution in [1.29, 1.82) is 0 Å². The van der Waals surface area contributed by atoms with E-state index in [9.17, 15) is 9.59 Å². The van der Waals surface area contributed by atoms with E-state index in [0.29, 0.717) is 35.8 Å². The summed E-state index contributed by atoms with van der Waals surface area (Å²) >= 11 is 0. The SMILES string of the molecule is Cc1ccc(-c2nc3c(c(=O)[nH]c(=O)n3Cc3ccccc3)n2CCC2=CCCCC2)o1. The minimum absolute atomic E-state index is 0.325. The number of benzene rings is 1. The standard InChI is InChI=1S/C25H26N4O3/c1-17-12-13-20(32-17)22-26-23-21(28(22)15-14-18-8-4-2-5-9-18)24(30)27-25(31)29(23)16-19-10-6-3-7-11-19/h3,6-8,10-13H,2,4-5,9,14-16H2,1H3,(H,27,30,31). The third-order valence-corrected chi connectivity index (χ3v) is 6.07. The van der Waals surface area contributed by atoms with Crippen LogP contribution in [0.25, 0.3) is 22.7 Å². The van der Waals surface area contributed by atoms with Crippen LogP contribution >= 0.6 is 0 Å². The van der Waals surface area contributed by atoms with Gasteiger partial charge in [-0.2, -0.15) is 0 Å². The van der Waals surface area contributed by atoms with Crippen LogP contribution in [-0.2, 0) is 13.1 Å². The molecule has 0 spiro atoms. The van der Waals surface area contributed by atoms with Crippen LogP contribution in [0.15, 0.2) is 68.1 Å². The minimum atomic E-state index is -0.465. The molecule has 0 atom stereocenters. The molecule has 3 heterocycles. The van der Waals surface area contributed by atoms with Crippen LogP contribution in [0.1, 0.15) is 43.4 Å². The fraction of sp³-hybridized carbons (Fsp3) is 0.320. The van der Waals surface area contributed by atoms with Crippen LogP contribution < -0.4 is 11.2 Å². The molecular weight excluding hydrogens is 404 g/mol. The summed E-state index contributed by atoms with van der Waals surface area (Å²) < 4.78 is 9.30. The Bertz CT molecular complexity index is 1400. The summed E-state index contributed by atoms with van der Waals surface area (Å²) in [6.07, 6.45) is 7.81. The number of allylic oxidation sites excluding steroid dienone is 2. The number of nitrogens with one attached hydrogen (secondary N) is 1. The van der Waals surface area contributed by atoms with E-state index in [4.69, 9.17) is 9.40 Å². The van der Waals surface area contributed by atoms with E-state index in [1.165, 1.54) is 23.0 Å². The van der Waals surface area contributed by atoms with E-state index in [1.54, 1.807) is 0 Å². The van der Waals surface area contributed by atoms with Crippen molar-refractivity contribution >= 4 is 11.2 Å². The molecule has 7 heteroatoms. The second-order valence-corrected chi connectivity index (χ2v) is 8.36. The van der Waals surface area contributed by atoms with Gasteiger partial charge in [-0.05, 0) is 56.7 Å². The summed E-state index contributed by atoms with van der Waals surface area (Å²) in [4.78, 5) is 33.0. The van der Waals surface area contributed by atoms with Crippen molar-refractivity contribution in [2.24, 2.45) is 0 Å². The molecule has 1 aromatic carbocycles. The van der Waals surface area contributed by atoms with Crippen molar-refractivity contribution in [3.63, 3.8) is 0 Å². The lowest BCUT2D eigenvalue weighted by Gasteiger charge is -2.14. The normalized spacial score (nSPS) is 14.1. The van der Waals surface area contributed by atoms with Crippen molar-refractivity contribution < 1.29 is 4.42 Å². The van der Waals surface area contributed by atoms with Gasteiger partial charge in [-0.25, -0.2) is 9.78 Å². The van der Waals surface area contributed by atoms with Crippen molar-refractivity contribution in [3.8, 4) is 11.6 Å². The Morgan fingerprint density at radius 1 is 1.06 bits per heavy atom. The van der Waals surface area contributed by atoms with Crippen molar-refractivity contribution in [1.82, 2.24) is 19.1 Å². The molecule has 5 rings (SSSR count). The first-order chi connectivity index (χ1) is 15.6. The van der Waals surface area contributed by atoms with Crippen molar-refractivity contribution in [2.75, 3.05) is 0 Å². The number of H-pyrrole nitrogens is 1. The lowest BCUT2D eigenvalue weighted by molar-refractivity contribution is 0.537. The number of nitrogens with zero attached hydrogens (tertiary/aromatic N) is 3. The largest absolute Gasteiger partial charge is 0.458 e. The molecule has 1 N–H and O–H groups in total. The van der Waals surface area contributed by atoms with Gasteiger partial charge in [0.25, 0.3) is 5.56 Å². The molecule has 0 fully saturated rings. The number of aromatic nitrogens is 4. The molecule has 32 heavy (non-hydrogen) atoms. The van der Waals surface area contributed by atoms with Gasteiger partial charge in [-0.15, -0.1) is 0 Å². The van der Waals surface area contributed by atoms with E-state index in [2.05, 4.69) is 11.1 Å². The van der Waals surface area contributed by atoms with Gasteiger partial charge in [-0.1, -0.05) is 42.0 Å². The van der Waals surface area contributed by atoms with Gasteiger partial charge in [0, 0.05) is 6.54 Å². The molecule has 0 aliphatic heterocycles. The Morgan fingerprint density at radius 3 is 2.62 bits per heavy atom. The zero-order chi connectivity index (χ0) is 22.1. The molecule has 0 unspecified atom stereocenters. The summed E-state index contributed by atoms with van der Waals surface area (Å²) in [5.41, 5.74) is 2.27. The summed E-state index contributed by atoms with van der Waals surface area (Å²) in [6.45, 7) is 2.80. The van der Waals surface area contributed by atoms with E-state index in [0.717, 1.165) is 30.6 Å². The first-order valence-corrected chi connectivity index (χ1v) is 11.1. The molecular formula is C25H26N4O3. The number of aromatic amines is 1. The molecule has 1 aliphatic carbocycles. The number of hydrogen-bond donors (Lipinski definition) is 1. The predicted molar refractivity (Wildman–Crippen MR) is 124 cm³/mol. The van der Waals surface area contributed by atoms with E-state index in [-0.39, 0.29) is 0 Å². The van der Waals surface area contributed by atoms with Gasteiger partial charge in [0.2, 0.25) is 0 Å². The second-order valence-electron chi connectivity index (χ2n) is 8.36. The molecule has 0 saturated carbocycles. The predicted octanol–water partition coefficient (Wildman–Crippen LogP) is 4.39. The highest BCUT2D eigenvalue weighted by molar-refractivity contribution is 5.76. The maximum absolute atomic E-state index is 13.0. The Labute approximate surface area is 185 Å². The third-order valence-electron chi connectivity index (χ3n) is 6.07. The molecule has 0 radical (unpaired) electrons. The van der Waals surface area contributed by atoms with E-state index < -0.39 is 11.2 Å². The van der Waals surface area contributed by atoms with Gasteiger partial charge >= 0.3 is 5.69 Å². The van der Waals surface area contributed by atoms with Crippen molar-refractivity contribution in [2.45, 2.75) is 52.1 Å². The Kier molecular flexibility index (Phi) is 5.39. The summed E-state index contributed by atoms with van der Waals surface area (Å²) in [5.74, 6) is 1.93. The smallest absolute Gasteiger partial charge is 0.330 e. The number of imidazole rings is 1. The average molecular weight is 431 g/mol. The minimum Gasteiger partial charge on any atom is -0.458 e. The van der Waals surface area contributed by atoms with Crippen LogP contribution in [0.3, 0.4) is 0 Å². The summed E-state index contributed by atoms with van der Waals surface area (Å²) in [5, 5.41) is 0. The Balaban J connectivity index is 1.67. The Morgan fingerprint density at radius 2 is 1.91 bits per heavy atom. The molecule has 4 aromatic rings. The molecule has 3 aromatic heterocycles. The van der Waals surface area contributed by atoms with Crippen LogP contribution in [0.2, 0.25) is 0 Å². The fourth-order valence-electron chi connectivity index (χ4n) is 4.43. The number of rotatable bonds is 6. The first kappa shape index (κ1) is 20.3. The van der Waals surface area contributed by atoms with Gasteiger partial charge in [0.1, 0.15) is 5.76 Å². The van der Waals surface area contributed by atoms with Gasteiger partial charge in [-0.3, -0.25) is 14.3 Å². The van der Waals surface area contributed by atoms with Gasteiger partial charge in [0.15, 0.2) is 22.7 Å². The van der Waals surface area contributed by atoms with Crippen LogP contribution in [-0.4, -0.2) is 19.1 Å². The fourth-order valence-corrected chi connectivity index (χ4v) is 4.43. The number of hydrogen-bond acceptors (Lipinski definition) is 4. The van der Waals surface area contributed by atoms with E-state index in [1.807, 2.05) is 54.0 Å². The third kappa shape index (κ3) is 3.86. The van der Waals surface area contributed by atoms with Gasteiger partial charge < -0.3 is 8.98 Å². The van der Waals surface area contributed by atoms with Crippen LogP contribution in [0.5, 0.6) is 0 Å². The number of aryl methyl sites for hydroxylation is 2. The average Bonchev–Trinajstić information content (AvgIpc) is 3.40. The first-order valence-electron chi connectivity index (χ1n) is 11.1. The molecule has 0 amide bonds. The zero-order valence-electron chi connectivity index (χ0n) is 18.1. The monoisotopic (exact) mass is 430 g/mol. The summed E-state index contributed by atoms with van der Waals surface area (Å²) in [7, 11) is 0. The number of furan rings is 1. The quantitative estimate of drug-likeness (QED) is 0.460. The van der Waals surface area contributed by atoms with Gasteiger partial charge in [0.05, 0.1) is 6.54 Å². The van der Waals surface area contributed by atoms with Crippen molar-refractivity contribution in [3.05, 3.63) is 86.3 Å². The molecule has 1 aliphatic rings. The maximum Gasteiger partial charge on any atom is 0.330 e. The molecule has 7 nitrogen and oxygen atoms in total. The lowest BCUT2D eigenvalue weighted by Crippen LogP contribution is -2.31. The maximum atomic E-state index is 13.0. The highest BCUT2D eigenvalue weighted by Gasteiger charge is 2.22. The lowest BCUT2D eigenvalue weighted by atomic mass is 9.97. The van der Waals surface area contributed by atoms with E-state index >= 15 is 0 Å². The molecule has 0 saturated heterocycles. The molecule has 164 valence electrons. The topological polar surface area (TPSA) is 85.8 Å². The number of fused-ring (bicyclic) bond motifs is 1. The molecule has 0 bridgehead atoms. The highest BCUT2D eigenvalue weighted by Crippen LogP contribution is 2.27. The Hall–Kier alpha value is -3.61.